The maximum absolute atomic E-state index is 11.6. The van der Waals surface area contributed by atoms with Gasteiger partial charge in [-0.15, -0.1) is 0 Å². The Kier molecular flexibility index (Phi) is 1.45. The maximum atomic E-state index is 11.6. The molecule has 2 aliphatic rings. The van der Waals surface area contributed by atoms with Gasteiger partial charge in [-0.2, -0.15) is 0 Å². The summed E-state index contributed by atoms with van der Waals surface area (Å²) in [4.78, 5) is 11.6. The van der Waals surface area contributed by atoms with Crippen molar-refractivity contribution in [2.24, 2.45) is 16.7 Å². The van der Waals surface area contributed by atoms with E-state index in [0.717, 1.165) is 12.8 Å². The van der Waals surface area contributed by atoms with Gasteiger partial charge in [-0.1, -0.05) is 13.8 Å². The van der Waals surface area contributed by atoms with Gasteiger partial charge < -0.3 is 5.11 Å². The highest BCUT2D eigenvalue weighted by Crippen LogP contribution is 2.63. The summed E-state index contributed by atoms with van der Waals surface area (Å²) >= 11 is 0. The molecule has 1 N–H and O–H groups in total. The van der Waals surface area contributed by atoms with Crippen molar-refractivity contribution in [1.82, 2.24) is 0 Å². The Morgan fingerprint density at radius 3 is 2.50 bits per heavy atom. The molecule has 2 aliphatic carbocycles. The summed E-state index contributed by atoms with van der Waals surface area (Å²) in [6, 6.07) is 0. The van der Waals surface area contributed by atoms with Crippen LogP contribution in [0.5, 0.6) is 0 Å². The molecule has 2 nitrogen and oxygen atoms in total. The van der Waals surface area contributed by atoms with Crippen LogP contribution in [-0.2, 0) is 4.79 Å². The van der Waals surface area contributed by atoms with Crippen molar-refractivity contribution in [2.45, 2.75) is 33.1 Å². The standard InChI is InChI=1S/C10H16O2/c1-9-4-3-7(5-8(9)12)10(9,2)6-11/h7,11H,3-6H2,1-2H3/t7?,9-,10+/m1/s1. The van der Waals surface area contributed by atoms with Gasteiger partial charge in [0.05, 0.1) is 0 Å². The Hall–Kier alpha value is -0.370. The molecule has 2 bridgehead atoms. The topological polar surface area (TPSA) is 37.3 Å². The molecular weight excluding hydrogens is 152 g/mol. The first-order valence-electron chi connectivity index (χ1n) is 4.69. The molecule has 0 aliphatic heterocycles. The van der Waals surface area contributed by atoms with Crippen LogP contribution in [0.25, 0.3) is 0 Å². The van der Waals surface area contributed by atoms with Crippen LogP contribution in [0.2, 0.25) is 0 Å². The number of rotatable bonds is 1. The molecule has 3 atom stereocenters. The first kappa shape index (κ1) is 8.24. The van der Waals surface area contributed by atoms with Crippen molar-refractivity contribution in [3.63, 3.8) is 0 Å². The van der Waals surface area contributed by atoms with E-state index < -0.39 is 0 Å². The molecule has 2 saturated carbocycles. The van der Waals surface area contributed by atoms with E-state index in [4.69, 9.17) is 0 Å². The fourth-order valence-electron chi connectivity index (χ4n) is 3.06. The summed E-state index contributed by atoms with van der Waals surface area (Å²) in [6.45, 7) is 4.26. The fourth-order valence-corrected chi connectivity index (χ4v) is 3.06. The molecule has 1 unspecified atom stereocenters. The highest BCUT2D eigenvalue weighted by Gasteiger charge is 2.63. The first-order chi connectivity index (χ1) is 5.54. The molecule has 0 saturated heterocycles. The van der Waals surface area contributed by atoms with Crippen molar-refractivity contribution < 1.29 is 9.90 Å². The predicted molar refractivity (Wildman–Crippen MR) is 45.6 cm³/mol. The summed E-state index contributed by atoms with van der Waals surface area (Å²) in [5, 5.41) is 9.34. The number of Topliss-reactive ketones (excluding diaryl/α,β-unsaturated/α-hetero) is 1. The normalized spacial score (nSPS) is 51.9. The number of hydrogen-bond acceptors (Lipinski definition) is 2. The molecule has 2 heteroatoms. The van der Waals surface area contributed by atoms with Crippen LogP contribution >= 0.6 is 0 Å². The van der Waals surface area contributed by atoms with Crippen LogP contribution in [0.15, 0.2) is 0 Å². The smallest absolute Gasteiger partial charge is 0.139 e. The van der Waals surface area contributed by atoms with Gasteiger partial charge in [-0.3, -0.25) is 4.79 Å². The number of fused-ring (bicyclic) bond motifs is 2. The third-order valence-corrected chi connectivity index (χ3v) is 4.53. The minimum absolute atomic E-state index is 0.121. The van der Waals surface area contributed by atoms with Gasteiger partial charge in [-0.25, -0.2) is 0 Å². The second-order valence-electron chi connectivity index (χ2n) is 4.77. The fraction of sp³-hybridized carbons (Fsp3) is 0.900. The summed E-state index contributed by atoms with van der Waals surface area (Å²) in [5.74, 6) is 0.815. The van der Waals surface area contributed by atoms with E-state index in [1.165, 1.54) is 0 Å². The van der Waals surface area contributed by atoms with Gasteiger partial charge in [-0.05, 0) is 18.8 Å². The molecule has 2 rings (SSSR count). The Morgan fingerprint density at radius 2 is 2.25 bits per heavy atom. The van der Waals surface area contributed by atoms with Crippen LogP contribution in [0.4, 0.5) is 0 Å². The minimum Gasteiger partial charge on any atom is -0.396 e. The van der Waals surface area contributed by atoms with E-state index in [0.29, 0.717) is 18.1 Å². The number of carbonyl (C=O) groups excluding carboxylic acids is 1. The Balaban J connectivity index is 2.44. The summed E-state index contributed by atoms with van der Waals surface area (Å²) in [6.07, 6.45) is 2.81. The zero-order valence-corrected chi connectivity index (χ0v) is 7.76. The second-order valence-corrected chi connectivity index (χ2v) is 4.77. The van der Waals surface area contributed by atoms with Crippen LogP contribution < -0.4 is 0 Å². The Morgan fingerprint density at radius 1 is 1.58 bits per heavy atom. The summed E-state index contributed by atoms with van der Waals surface area (Å²) < 4.78 is 0. The zero-order valence-electron chi connectivity index (χ0n) is 7.76. The lowest BCUT2D eigenvalue weighted by molar-refractivity contribution is -0.129. The number of aliphatic hydroxyl groups excluding tert-OH is 1. The van der Waals surface area contributed by atoms with Gasteiger partial charge in [0, 0.05) is 23.9 Å². The zero-order chi connectivity index (χ0) is 8.98. The third kappa shape index (κ3) is 0.634. The highest BCUT2D eigenvalue weighted by atomic mass is 16.3. The van der Waals surface area contributed by atoms with Gasteiger partial charge in [0.2, 0.25) is 0 Å². The molecule has 0 heterocycles. The molecular formula is C10H16O2. The van der Waals surface area contributed by atoms with Crippen LogP contribution in [0.3, 0.4) is 0 Å². The lowest BCUT2D eigenvalue weighted by Gasteiger charge is -2.34. The van der Waals surface area contributed by atoms with Crippen molar-refractivity contribution in [3.05, 3.63) is 0 Å². The van der Waals surface area contributed by atoms with Crippen LogP contribution in [0.1, 0.15) is 33.1 Å². The number of carbonyl (C=O) groups is 1. The largest absolute Gasteiger partial charge is 0.396 e. The molecule has 0 aromatic carbocycles. The van der Waals surface area contributed by atoms with Gasteiger partial charge in [0.15, 0.2) is 0 Å². The Labute approximate surface area is 73.0 Å². The molecule has 0 spiro atoms. The van der Waals surface area contributed by atoms with E-state index in [-0.39, 0.29) is 17.4 Å². The minimum atomic E-state index is -0.216. The molecule has 68 valence electrons. The number of ketones is 1. The molecule has 12 heavy (non-hydrogen) atoms. The van der Waals surface area contributed by atoms with Crippen molar-refractivity contribution in [1.29, 1.82) is 0 Å². The van der Waals surface area contributed by atoms with Gasteiger partial charge in [0.1, 0.15) is 5.78 Å². The quantitative estimate of drug-likeness (QED) is 0.642. The third-order valence-electron chi connectivity index (χ3n) is 4.53. The van der Waals surface area contributed by atoms with E-state index in [1.54, 1.807) is 0 Å². The maximum Gasteiger partial charge on any atom is 0.139 e. The predicted octanol–water partition coefficient (Wildman–Crippen LogP) is 1.37. The molecule has 2 fully saturated rings. The molecule has 0 amide bonds. The summed E-state index contributed by atoms with van der Waals surface area (Å²) in [5.41, 5.74) is -0.337. The van der Waals surface area contributed by atoms with Crippen LogP contribution in [-0.4, -0.2) is 17.5 Å². The van der Waals surface area contributed by atoms with Gasteiger partial charge in [0.25, 0.3) is 0 Å². The van der Waals surface area contributed by atoms with Crippen molar-refractivity contribution >= 4 is 5.78 Å². The average Bonchev–Trinajstić information content (AvgIpc) is 2.39. The Bertz CT molecular complexity index is 236. The average molecular weight is 168 g/mol. The van der Waals surface area contributed by atoms with Crippen molar-refractivity contribution in [3.8, 4) is 0 Å². The number of hydrogen-bond donors (Lipinski definition) is 1. The monoisotopic (exact) mass is 168 g/mol. The lowest BCUT2D eigenvalue weighted by Crippen LogP contribution is -2.37. The van der Waals surface area contributed by atoms with E-state index in [1.807, 2.05) is 6.92 Å². The molecule has 0 aromatic rings. The lowest BCUT2D eigenvalue weighted by atomic mass is 9.69. The van der Waals surface area contributed by atoms with E-state index in [2.05, 4.69) is 6.92 Å². The van der Waals surface area contributed by atoms with E-state index in [9.17, 15) is 9.90 Å². The molecule has 0 aromatic heterocycles. The second kappa shape index (κ2) is 2.11. The van der Waals surface area contributed by atoms with Crippen LogP contribution in [0, 0.1) is 16.7 Å². The van der Waals surface area contributed by atoms with E-state index >= 15 is 0 Å². The summed E-state index contributed by atoms with van der Waals surface area (Å²) in [7, 11) is 0. The van der Waals surface area contributed by atoms with Crippen molar-refractivity contribution in [2.75, 3.05) is 6.61 Å². The number of aliphatic hydroxyl groups is 1. The highest BCUT2D eigenvalue weighted by molar-refractivity contribution is 5.89. The SMILES string of the molecule is C[C@]1(CO)C2CC[C@]1(C)C(=O)C2. The van der Waals surface area contributed by atoms with Gasteiger partial charge >= 0.3 is 0 Å². The molecule has 0 radical (unpaired) electrons. The first-order valence-corrected chi connectivity index (χ1v) is 4.69.